The van der Waals surface area contributed by atoms with E-state index in [0.29, 0.717) is 17.3 Å². The Morgan fingerprint density at radius 3 is 2.75 bits per heavy atom. The average molecular weight is 213 g/mol. The van der Waals surface area contributed by atoms with Gasteiger partial charge >= 0.3 is 0 Å². The number of hydrogen-bond acceptors (Lipinski definition) is 1. The third-order valence-electron chi connectivity index (χ3n) is 4.59. The molecular formula is C15H19N. The number of hydrogen-bond donors (Lipinski definition) is 1. The first kappa shape index (κ1) is 9.95. The van der Waals surface area contributed by atoms with E-state index in [1.165, 1.54) is 17.6 Å². The molecule has 0 heterocycles. The lowest BCUT2D eigenvalue weighted by Crippen LogP contribution is -2.26. The molecule has 1 heteroatoms. The lowest BCUT2D eigenvalue weighted by molar-refractivity contribution is 0.207. The molecular weight excluding hydrogens is 194 g/mol. The summed E-state index contributed by atoms with van der Waals surface area (Å²) in [4.78, 5) is 0. The number of allylic oxidation sites excluding steroid dienone is 7. The minimum Gasteiger partial charge on any atom is -0.398 e. The van der Waals surface area contributed by atoms with Crippen LogP contribution >= 0.6 is 0 Å². The van der Waals surface area contributed by atoms with Crippen molar-refractivity contribution in [1.29, 1.82) is 0 Å². The first-order valence-corrected chi connectivity index (χ1v) is 6.15. The fourth-order valence-electron chi connectivity index (χ4n) is 3.64. The maximum atomic E-state index is 6.18. The molecule has 3 aliphatic carbocycles. The molecule has 3 aliphatic rings. The van der Waals surface area contributed by atoms with E-state index in [-0.39, 0.29) is 0 Å². The highest BCUT2D eigenvalue weighted by atomic mass is 14.6. The molecule has 0 bridgehead atoms. The van der Waals surface area contributed by atoms with Crippen LogP contribution in [0.4, 0.5) is 0 Å². The van der Waals surface area contributed by atoms with E-state index in [1.54, 1.807) is 0 Å². The van der Waals surface area contributed by atoms with Gasteiger partial charge in [-0.15, -0.1) is 0 Å². The van der Waals surface area contributed by atoms with Gasteiger partial charge in [0, 0.05) is 5.70 Å². The van der Waals surface area contributed by atoms with Crippen LogP contribution in [0.2, 0.25) is 0 Å². The van der Waals surface area contributed by atoms with Crippen LogP contribution in [0.1, 0.15) is 26.7 Å². The fraction of sp³-hybridized carbons (Fsp3) is 0.467. The van der Waals surface area contributed by atoms with Crippen LogP contribution in [-0.2, 0) is 0 Å². The second-order valence-corrected chi connectivity index (χ2v) is 5.72. The Kier molecular flexibility index (Phi) is 1.95. The summed E-state index contributed by atoms with van der Waals surface area (Å²) in [5.41, 5.74) is 10.4. The minimum absolute atomic E-state index is 0.349. The average Bonchev–Trinajstić information content (AvgIpc) is 2.51. The van der Waals surface area contributed by atoms with Gasteiger partial charge in [-0.05, 0) is 47.3 Å². The van der Waals surface area contributed by atoms with Crippen molar-refractivity contribution in [3.05, 3.63) is 47.2 Å². The van der Waals surface area contributed by atoms with Crippen LogP contribution in [0, 0.1) is 17.3 Å². The normalized spacial score (nSPS) is 34.8. The van der Waals surface area contributed by atoms with E-state index in [4.69, 9.17) is 5.73 Å². The van der Waals surface area contributed by atoms with E-state index in [0.717, 1.165) is 12.1 Å². The molecule has 2 atom stereocenters. The standard InChI is InChI=1S/C15H19N/c1-15(2)11-7-4-3-6-10(11)14-12(15)8-5-9-13(14)16/h3-6,9,11-12H,7-8,16H2,1-2H3. The topological polar surface area (TPSA) is 26.0 Å². The van der Waals surface area contributed by atoms with Gasteiger partial charge in [-0.3, -0.25) is 0 Å². The van der Waals surface area contributed by atoms with Gasteiger partial charge < -0.3 is 5.73 Å². The molecule has 16 heavy (non-hydrogen) atoms. The van der Waals surface area contributed by atoms with Crippen molar-refractivity contribution in [2.45, 2.75) is 26.7 Å². The van der Waals surface area contributed by atoms with Gasteiger partial charge in [0.25, 0.3) is 0 Å². The second-order valence-electron chi connectivity index (χ2n) is 5.72. The van der Waals surface area contributed by atoms with Crippen molar-refractivity contribution in [3.63, 3.8) is 0 Å². The van der Waals surface area contributed by atoms with Crippen molar-refractivity contribution in [2.75, 3.05) is 0 Å². The first-order valence-electron chi connectivity index (χ1n) is 6.15. The quantitative estimate of drug-likeness (QED) is 0.656. The highest BCUT2D eigenvalue weighted by Gasteiger charge is 2.49. The molecule has 3 rings (SSSR count). The molecule has 1 nitrogen and oxygen atoms in total. The third kappa shape index (κ3) is 1.12. The summed E-state index contributed by atoms with van der Waals surface area (Å²) in [5, 5.41) is 0. The number of rotatable bonds is 0. The molecule has 2 unspecified atom stereocenters. The van der Waals surface area contributed by atoms with Gasteiger partial charge in [0.1, 0.15) is 0 Å². The predicted octanol–water partition coefficient (Wildman–Crippen LogP) is 3.32. The predicted molar refractivity (Wildman–Crippen MR) is 67.6 cm³/mol. The minimum atomic E-state index is 0.349. The fourth-order valence-corrected chi connectivity index (χ4v) is 3.64. The summed E-state index contributed by atoms with van der Waals surface area (Å²) in [6.07, 6.45) is 13.4. The molecule has 0 amide bonds. The van der Waals surface area contributed by atoms with E-state index in [9.17, 15) is 0 Å². The monoisotopic (exact) mass is 213 g/mol. The summed E-state index contributed by atoms with van der Waals surface area (Å²) >= 11 is 0. The summed E-state index contributed by atoms with van der Waals surface area (Å²) in [6, 6.07) is 0. The molecule has 0 aromatic rings. The smallest absolute Gasteiger partial charge is 0.0349 e. The van der Waals surface area contributed by atoms with E-state index < -0.39 is 0 Å². The molecule has 84 valence electrons. The Morgan fingerprint density at radius 2 is 1.94 bits per heavy atom. The van der Waals surface area contributed by atoms with Gasteiger partial charge in [-0.1, -0.05) is 38.2 Å². The van der Waals surface area contributed by atoms with Gasteiger partial charge in [0.05, 0.1) is 0 Å². The lowest BCUT2D eigenvalue weighted by Gasteiger charge is -2.33. The van der Waals surface area contributed by atoms with Gasteiger partial charge in [-0.2, -0.15) is 0 Å². The molecule has 0 spiro atoms. The lowest BCUT2D eigenvalue weighted by atomic mass is 9.71. The molecule has 1 fully saturated rings. The van der Waals surface area contributed by atoms with Crippen molar-refractivity contribution in [2.24, 2.45) is 23.0 Å². The Morgan fingerprint density at radius 1 is 1.19 bits per heavy atom. The largest absolute Gasteiger partial charge is 0.398 e. The van der Waals surface area contributed by atoms with E-state index in [2.05, 4.69) is 44.2 Å². The number of fused-ring (bicyclic) bond motifs is 3. The van der Waals surface area contributed by atoms with Crippen molar-refractivity contribution < 1.29 is 0 Å². The Hall–Kier alpha value is -1.24. The number of nitrogens with two attached hydrogens (primary N) is 1. The van der Waals surface area contributed by atoms with Crippen LogP contribution in [0.15, 0.2) is 47.2 Å². The van der Waals surface area contributed by atoms with Crippen molar-refractivity contribution in [3.8, 4) is 0 Å². The molecule has 2 N–H and O–H groups in total. The Bertz CT molecular complexity index is 446. The SMILES string of the molecule is CC1(C)C2CC=CC=C2C2=C(N)C=CCC21. The van der Waals surface area contributed by atoms with E-state index in [1.807, 2.05) is 0 Å². The maximum Gasteiger partial charge on any atom is 0.0349 e. The van der Waals surface area contributed by atoms with Crippen LogP contribution in [0.5, 0.6) is 0 Å². The molecule has 0 aromatic carbocycles. The van der Waals surface area contributed by atoms with Crippen LogP contribution in [0.25, 0.3) is 0 Å². The van der Waals surface area contributed by atoms with Gasteiger partial charge in [-0.25, -0.2) is 0 Å². The first-order chi connectivity index (χ1) is 7.62. The molecule has 1 saturated carbocycles. The zero-order valence-electron chi connectivity index (χ0n) is 10.0. The summed E-state index contributed by atoms with van der Waals surface area (Å²) in [7, 11) is 0. The maximum absolute atomic E-state index is 6.18. The van der Waals surface area contributed by atoms with E-state index >= 15 is 0 Å². The zero-order valence-corrected chi connectivity index (χ0v) is 10.0. The van der Waals surface area contributed by atoms with Crippen molar-refractivity contribution in [1.82, 2.24) is 0 Å². The highest BCUT2D eigenvalue weighted by molar-refractivity contribution is 5.52. The Balaban J connectivity index is 2.19. The summed E-state index contributed by atoms with van der Waals surface area (Å²) in [5.74, 6) is 1.28. The van der Waals surface area contributed by atoms with Gasteiger partial charge in [0.2, 0.25) is 0 Å². The summed E-state index contributed by atoms with van der Waals surface area (Å²) < 4.78 is 0. The molecule has 0 aromatic heterocycles. The molecule has 0 radical (unpaired) electrons. The second kappa shape index (κ2) is 3.13. The molecule has 0 aliphatic heterocycles. The van der Waals surface area contributed by atoms with Crippen LogP contribution < -0.4 is 5.73 Å². The third-order valence-corrected chi connectivity index (χ3v) is 4.59. The zero-order chi connectivity index (χ0) is 11.3. The highest BCUT2D eigenvalue weighted by Crippen LogP contribution is 2.58. The van der Waals surface area contributed by atoms with Crippen LogP contribution in [0.3, 0.4) is 0 Å². The van der Waals surface area contributed by atoms with Crippen LogP contribution in [-0.4, -0.2) is 0 Å². The van der Waals surface area contributed by atoms with Gasteiger partial charge in [0.15, 0.2) is 0 Å². The summed E-state index contributed by atoms with van der Waals surface area (Å²) in [6.45, 7) is 4.80. The van der Waals surface area contributed by atoms with Crippen molar-refractivity contribution >= 4 is 0 Å². The molecule has 0 saturated heterocycles. The Labute approximate surface area is 97.4 Å².